The van der Waals surface area contributed by atoms with Crippen LogP contribution in [0.25, 0.3) is 5.69 Å². The maximum absolute atomic E-state index is 4.63. The number of aromatic nitrogens is 2. The smallest absolute Gasteiger partial charge is 0.190 e. The van der Waals surface area contributed by atoms with Gasteiger partial charge in [-0.2, -0.15) is 5.10 Å². The van der Waals surface area contributed by atoms with Crippen molar-refractivity contribution < 1.29 is 0 Å². The highest BCUT2D eigenvalue weighted by Crippen LogP contribution is 2.13. The molecule has 0 saturated heterocycles. The minimum absolute atomic E-state index is 0.703. The van der Waals surface area contributed by atoms with Crippen molar-refractivity contribution in [1.29, 1.82) is 0 Å². The van der Waals surface area contributed by atoms with E-state index in [9.17, 15) is 0 Å². The lowest BCUT2D eigenvalue weighted by molar-refractivity contribution is 0.573. The summed E-state index contributed by atoms with van der Waals surface area (Å²) in [7, 11) is 1.82. The Morgan fingerprint density at radius 3 is 2.56 bits per heavy atom. The summed E-state index contributed by atoms with van der Waals surface area (Å²) in [6, 6.07) is 10.2. The van der Waals surface area contributed by atoms with Crippen LogP contribution in [0.1, 0.15) is 37.9 Å². The second-order valence-electron chi connectivity index (χ2n) is 6.73. The van der Waals surface area contributed by atoms with Crippen molar-refractivity contribution in [3.8, 4) is 5.69 Å². The molecular weight excluding hydrogens is 310 g/mol. The third-order valence-corrected chi connectivity index (χ3v) is 4.17. The van der Waals surface area contributed by atoms with Crippen molar-refractivity contribution in [1.82, 2.24) is 20.4 Å². The largest absolute Gasteiger partial charge is 0.356 e. The van der Waals surface area contributed by atoms with Crippen LogP contribution in [0, 0.1) is 12.8 Å². The molecule has 25 heavy (non-hydrogen) atoms. The fourth-order valence-electron chi connectivity index (χ4n) is 2.64. The number of aryl methyl sites for hydroxylation is 2. The molecule has 0 bridgehead atoms. The Balaban J connectivity index is 1.77. The lowest BCUT2D eigenvalue weighted by Crippen LogP contribution is -2.38. The fourth-order valence-corrected chi connectivity index (χ4v) is 2.64. The predicted molar refractivity (Wildman–Crippen MR) is 105 cm³/mol. The summed E-state index contributed by atoms with van der Waals surface area (Å²) in [4.78, 5) is 4.27. The van der Waals surface area contributed by atoms with Gasteiger partial charge in [0.15, 0.2) is 5.96 Å². The van der Waals surface area contributed by atoms with Crippen molar-refractivity contribution >= 4 is 5.96 Å². The van der Waals surface area contributed by atoms with Crippen molar-refractivity contribution in [3.63, 3.8) is 0 Å². The third kappa shape index (κ3) is 6.25. The van der Waals surface area contributed by atoms with E-state index in [2.05, 4.69) is 59.8 Å². The molecule has 2 aromatic rings. The molecule has 0 atom stereocenters. The average molecular weight is 342 g/mol. The molecule has 2 rings (SSSR count). The first-order valence-corrected chi connectivity index (χ1v) is 9.15. The second-order valence-corrected chi connectivity index (χ2v) is 6.73. The van der Waals surface area contributed by atoms with E-state index in [-0.39, 0.29) is 0 Å². The predicted octanol–water partition coefficient (Wildman–Crippen LogP) is 3.32. The summed E-state index contributed by atoms with van der Waals surface area (Å²) in [5.41, 5.74) is 3.50. The van der Waals surface area contributed by atoms with Gasteiger partial charge >= 0.3 is 0 Å². The van der Waals surface area contributed by atoms with Gasteiger partial charge in [0.05, 0.1) is 11.4 Å². The number of hydrogen-bond donors (Lipinski definition) is 2. The van der Waals surface area contributed by atoms with Crippen LogP contribution >= 0.6 is 0 Å². The third-order valence-electron chi connectivity index (χ3n) is 4.17. The minimum atomic E-state index is 0.703. The Morgan fingerprint density at radius 1 is 1.16 bits per heavy atom. The average Bonchev–Trinajstić information content (AvgIpc) is 2.98. The van der Waals surface area contributed by atoms with Crippen LogP contribution in [0.15, 0.2) is 41.5 Å². The van der Waals surface area contributed by atoms with Crippen LogP contribution < -0.4 is 10.6 Å². The number of rotatable bonds is 8. The van der Waals surface area contributed by atoms with Crippen molar-refractivity contribution in [3.05, 3.63) is 47.8 Å². The lowest BCUT2D eigenvalue weighted by atomic mass is 10.1. The molecule has 0 amide bonds. The summed E-state index contributed by atoms with van der Waals surface area (Å²) in [5, 5.41) is 11.4. The molecular formula is C20H31N5. The quantitative estimate of drug-likeness (QED) is 0.440. The van der Waals surface area contributed by atoms with Crippen LogP contribution in [-0.4, -0.2) is 35.9 Å². The van der Waals surface area contributed by atoms with Gasteiger partial charge < -0.3 is 10.6 Å². The number of para-hydroxylation sites is 1. The molecule has 1 aromatic heterocycles. The Hall–Kier alpha value is -2.30. The van der Waals surface area contributed by atoms with Crippen LogP contribution in [0.5, 0.6) is 0 Å². The second kappa shape index (κ2) is 9.87. The zero-order chi connectivity index (χ0) is 18.1. The van der Waals surface area contributed by atoms with Gasteiger partial charge in [-0.05, 0) is 49.8 Å². The number of benzene rings is 1. The first-order chi connectivity index (χ1) is 12.1. The maximum Gasteiger partial charge on any atom is 0.190 e. The van der Waals surface area contributed by atoms with Gasteiger partial charge in [-0.15, -0.1) is 0 Å². The number of nitrogens with one attached hydrogen (secondary N) is 2. The van der Waals surface area contributed by atoms with Crippen molar-refractivity contribution in [2.45, 2.75) is 40.0 Å². The number of aliphatic imine (C=N–C) groups is 1. The van der Waals surface area contributed by atoms with Gasteiger partial charge in [0.2, 0.25) is 0 Å². The number of hydrogen-bond acceptors (Lipinski definition) is 2. The molecule has 5 heteroatoms. The molecule has 0 aliphatic carbocycles. The SMILES string of the molecule is CN=C(NCCCc1cn(-c2ccccc2)nc1C)NCCC(C)C. The Kier molecular flexibility index (Phi) is 7.51. The molecule has 0 saturated carbocycles. The number of nitrogens with zero attached hydrogens (tertiary/aromatic N) is 3. The highest BCUT2D eigenvalue weighted by atomic mass is 15.3. The van der Waals surface area contributed by atoms with Crippen LogP contribution in [0.4, 0.5) is 0 Å². The summed E-state index contributed by atoms with van der Waals surface area (Å²) >= 11 is 0. The van der Waals surface area contributed by atoms with Gasteiger partial charge in [-0.1, -0.05) is 32.0 Å². The monoisotopic (exact) mass is 341 g/mol. The van der Waals surface area contributed by atoms with Crippen molar-refractivity contribution in [2.24, 2.45) is 10.9 Å². The zero-order valence-electron chi connectivity index (χ0n) is 15.9. The Labute approximate surface area is 151 Å². The van der Waals surface area contributed by atoms with E-state index < -0.39 is 0 Å². The van der Waals surface area contributed by atoms with E-state index in [1.807, 2.05) is 29.9 Å². The summed E-state index contributed by atoms with van der Waals surface area (Å²) in [6.45, 7) is 8.40. The molecule has 1 heterocycles. The molecule has 0 spiro atoms. The highest BCUT2D eigenvalue weighted by Gasteiger charge is 2.06. The van der Waals surface area contributed by atoms with Crippen LogP contribution in [0.3, 0.4) is 0 Å². The standard InChI is InChI=1S/C20H31N5/c1-16(2)12-14-23-20(21-4)22-13-8-9-18-15-25(24-17(18)3)19-10-6-5-7-11-19/h5-7,10-11,15-16H,8-9,12-14H2,1-4H3,(H2,21,22,23). The van der Waals surface area contributed by atoms with E-state index >= 15 is 0 Å². The topological polar surface area (TPSA) is 54.2 Å². The molecule has 136 valence electrons. The van der Waals surface area contributed by atoms with E-state index in [0.29, 0.717) is 5.92 Å². The van der Waals surface area contributed by atoms with Gasteiger partial charge in [0, 0.05) is 26.3 Å². The molecule has 0 aliphatic heterocycles. The van der Waals surface area contributed by atoms with E-state index in [0.717, 1.165) is 49.7 Å². The van der Waals surface area contributed by atoms with Gasteiger partial charge in [0.25, 0.3) is 0 Å². The van der Waals surface area contributed by atoms with E-state index in [1.165, 1.54) is 5.56 Å². The van der Waals surface area contributed by atoms with Gasteiger partial charge in [-0.25, -0.2) is 4.68 Å². The Bertz CT molecular complexity index is 658. The van der Waals surface area contributed by atoms with Crippen LogP contribution in [0.2, 0.25) is 0 Å². The van der Waals surface area contributed by atoms with Gasteiger partial charge in [0.1, 0.15) is 0 Å². The summed E-state index contributed by atoms with van der Waals surface area (Å²) in [5.74, 6) is 1.59. The molecule has 2 N–H and O–H groups in total. The van der Waals surface area contributed by atoms with Crippen molar-refractivity contribution in [2.75, 3.05) is 20.1 Å². The molecule has 0 radical (unpaired) electrons. The molecule has 5 nitrogen and oxygen atoms in total. The lowest BCUT2D eigenvalue weighted by Gasteiger charge is -2.12. The van der Waals surface area contributed by atoms with E-state index in [4.69, 9.17) is 0 Å². The summed E-state index contributed by atoms with van der Waals surface area (Å²) in [6.07, 6.45) is 5.35. The van der Waals surface area contributed by atoms with Gasteiger partial charge in [-0.3, -0.25) is 4.99 Å². The number of guanidine groups is 1. The molecule has 0 aliphatic rings. The first kappa shape index (κ1) is 19.0. The highest BCUT2D eigenvalue weighted by molar-refractivity contribution is 5.79. The van der Waals surface area contributed by atoms with E-state index in [1.54, 1.807) is 0 Å². The van der Waals surface area contributed by atoms with Crippen LogP contribution in [-0.2, 0) is 6.42 Å². The molecule has 1 aromatic carbocycles. The Morgan fingerprint density at radius 2 is 1.88 bits per heavy atom. The normalized spacial score (nSPS) is 11.8. The fraction of sp³-hybridized carbons (Fsp3) is 0.500. The summed E-state index contributed by atoms with van der Waals surface area (Å²) < 4.78 is 1.96. The molecule has 0 fully saturated rings. The minimum Gasteiger partial charge on any atom is -0.356 e. The first-order valence-electron chi connectivity index (χ1n) is 9.15. The molecule has 0 unspecified atom stereocenters. The zero-order valence-corrected chi connectivity index (χ0v) is 15.9. The maximum atomic E-state index is 4.63.